The molecule has 9 nitrogen and oxygen atoms in total. The van der Waals surface area contributed by atoms with Gasteiger partial charge in [0.05, 0.1) is 16.8 Å². The lowest BCUT2D eigenvalue weighted by atomic mass is 9.69. The Morgan fingerprint density at radius 2 is 1.31 bits per heavy atom. The maximum absolute atomic E-state index is 11.9. The molecule has 368 valence electrons. The second-order valence-electron chi connectivity index (χ2n) is 19.8. The van der Waals surface area contributed by atoms with Crippen LogP contribution in [0.2, 0.25) is 0 Å². The van der Waals surface area contributed by atoms with Gasteiger partial charge in [0, 0.05) is 66.7 Å². The number of amides is 1. The summed E-state index contributed by atoms with van der Waals surface area (Å²) in [6.07, 6.45) is 25.3. The van der Waals surface area contributed by atoms with Crippen molar-refractivity contribution in [2.45, 2.75) is 134 Å². The lowest BCUT2D eigenvalue weighted by Gasteiger charge is -2.37. The number of aromatic nitrogens is 2. The van der Waals surface area contributed by atoms with E-state index < -0.39 is 5.91 Å². The molecule has 6 aliphatic carbocycles. The second-order valence-corrected chi connectivity index (χ2v) is 24.6. The second kappa shape index (κ2) is 23.3. The Kier molecular flexibility index (Phi) is 16.8. The van der Waals surface area contributed by atoms with E-state index in [0.717, 1.165) is 57.7 Å². The standard InChI is InChI=1S/C20H21N3OS2.C18H18N2S2.C10H16O.C8H6N2S2/c21-16-15-14(13-6-3-9-25-13)12-8-7-10-4-1-2-5-11(10)17(12)23-20(15)26-18(16)19(22)24;19-10-14-16(15-6-3-9-22-15)13-8-7-11-4-1-2-5-12(11)17(13)20-18(14)21;11-10-7-3-5-8-4-1-2-6-9(8)10;9-5-6(8(10)11)4-7-2-1-3-12-7/h3,6,9-11H,1-2,4-5,7-8,21H2,(H2,22,24);3,6,9,11-12H,1-2,4-5,7-8H2,(H,20,21);8-9H,1-7H2;1-4H,(H2,10,11)/b;;;6-4+/t10-,11+;11-,12+;8-,9+;/m111./s1. The van der Waals surface area contributed by atoms with Crippen molar-refractivity contribution in [3.8, 4) is 33.0 Å². The molecule has 0 aliphatic heterocycles. The number of pyridine rings is 2. The van der Waals surface area contributed by atoms with Crippen LogP contribution in [0.1, 0.15) is 164 Å². The Morgan fingerprint density at radius 1 is 0.732 bits per heavy atom. The third-order valence-electron chi connectivity index (χ3n) is 15.8. The van der Waals surface area contributed by atoms with Crippen molar-refractivity contribution in [1.82, 2.24) is 9.97 Å². The number of thiophene rings is 4. The van der Waals surface area contributed by atoms with Crippen LogP contribution < -0.4 is 17.2 Å². The minimum Gasteiger partial charge on any atom is -0.397 e. The van der Waals surface area contributed by atoms with Crippen LogP contribution in [0.4, 0.5) is 5.69 Å². The van der Waals surface area contributed by atoms with Crippen LogP contribution in [-0.4, -0.2) is 26.6 Å². The van der Waals surface area contributed by atoms with Gasteiger partial charge in [-0.15, -0.1) is 45.3 Å². The summed E-state index contributed by atoms with van der Waals surface area (Å²) >= 11 is 16.5. The van der Waals surface area contributed by atoms with Gasteiger partial charge in [0.1, 0.15) is 37.3 Å². The molecule has 0 radical (unpaired) electrons. The number of anilines is 1. The van der Waals surface area contributed by atoms with Crippen LogP contribution in [0.15, 0.2) is 58.1 Å². The van der Waals surface area contributed by atoms with Gasteiger partial charge in [0.2, 0.25) is 0 Å². The van der Waals surface area contributed by atoms with E-state index in [9.17, 15) is 14.9 Å². The van der Waals surface area contributed by atoms with Crippen LogP contribution in [0.3, 0.4) is 0 Å². The molecule has 0 spiro atoms. The summed E-state index contributed by atoms with van der Waals surface area (Å²) in [7, 11) is 0. The number of nitrogens with one attached hydrogen (secondary N) is 1. The van der Waals surface area contributed by atoms with E-state index >= 15 is 0 Å². The normalized spacial score (nSPS) is 23.1. The van der Waals surface area contributed by atoms with Crippen molar-refractivity contribution in [1.29, 1.82) is 10.5 Å². The Bertz CT molecular complexity index is 3060. The summed E-state index contributed by atoms with van der Waals surface area (Å²) < 4.78 is 0.621. The molecule has 6 aromatic rings. The van der Waals surface area contributed by atoms with E-state index in [4.69, 9.17) is 39.7 Å². The summed E-state index contributed by atoms with van der Waals surface area (Å²) in [5, 5.41) is 25.2. The number of hydrogen-bond donors (Lipinski definition) is 4. The molecule has 1 amide bonds. The third-order valence-corrected chi connectivity index (χ3v) is 20.1. The highest BCUT2D eigenvalue weighted by atomic mass is 32.1. The first kappa shape index (κ1) is 51.0. The summed E-state index contributed by atoms with van der Waals surface area (Å²) in [4.78, 5) is 36.6. The summed E-state index contributed by atoms with van der Waals surface area (Å²) in [5.41, 5.74) is 26.4. The molecule has 15 heteroatoms. The van der Waals surface area contributed by atoms with Crippen molar-refractivity contribution in [3.63, 3.8) is 0 Å². The minimum atomic E-state index is -0.462. The van der Waals surface area contributed by atoms with Gasteiger partial charge < -0.3 is 22.2 Å². The van der Waals surface area contributed by atoms with E-state index in [1.807, 2.05) is 23.6 Å². The number of carbonyl (C=O) groups excluding carboxylic acids is 2. The van der Waals surface area contributed by atoms with Crippen molar-refractivity contribution in [2.75, 3.05) is 5.73 Å². The molecule has 4 saturated carbocycles. The third kappa shape index (κ3) is 11.1. The minimum absolute atomic E-state index is 0.144. The van der Waals surface area contributed by atoms with Crippen molar-refractivity contribution in [3.05, 3.63) is 101 Å². The zero-order chi connectivity index (χ0) is 49.6. The lowest BCUT2D eigenvalue weighted by molar-refractivity contribution is -0.127. The maximum atomic E-state index is 11.9. The van der Waals surface area contributed by atoms with Gasteiger partial charge >= 0.3 is 0 Å². The molecule has 6 atom stereocenters. The van der Waals surface area contributed by atoms with Crippen molar-refractivity contribution >= 4 is 108 Å². The number of rotatable bonds is 5. The molecular formula is C56H61N7O2S6. The predicted molar refractivity (Wildman–Crippen MR) is 301 cm³/mol. The fourth-order valence-electron chi connectivity index (χ4n) is 12.6. The number of thiocarbonyl (C=S) groups is 1. The van der Waals surface area contributed by atoms with Gasteiger partial charge in [0.25, 0.3) is 5.91 Å². The molecule has 6 aliphatic rings. The average molecular weight is 1060 g/mol. The smallest absolute Gasteiger partial charge is 0.260 e. The number of H-pyrrole nitrogens is 1. The molecule has 4 fully saturated rings. The highest BCUT2D eigenvalue weighted by molar-refractivity contribution is 7.80. The van der Waals surface area contributed by atoms with E-state index in [2.05, 4.69) is 58.3 Å². The monoisotopic (exact) mass is 1060 g/mol. The molecule has 0 unspecified atom stereocenters. The number of fused-ring (bicyclic) bond motifs is 8. The van der Waals surface area contributed by atoms with Gasteiger partial charge in [-0.3, -0.25) is 9.59 Å². The Balaban J connectivity index is 0.000000125. The van der Waals surface area contributed by atoms with Crippen molar-refractivity contribution < 1.29 is 9.59 Å². The number of ketones is 1. The summed E-state index contributed by atoms with van der Waals surface area (Å²) in [5.74, 6) is 4.10. The van der Waals surface area contributed by atoms with Crippen molar-refractivity contribution in [2.24, 2.45) is 35.1 Å². The number of nitrogens with two attached hydrogens (primary N) is 3. The molecular weight excluding hydrogens is 995 g/mol. The molecule has 6 heterocycles. The topological polar surface area (TPSA) is 188 Å². The number of Topliss-reactive ketones (excluding diaryl/α,β-unsaturated/α-hetero) is 1. The van der Waals surface area contributed by atoms with Gasteiger partial charge in [-0.25, -0.2) is 4.98 Å². The highest BCUT2D eigenvalue weighted by Crippen LogP contribution is 2.52. The molecule has 0 aromatic carbocycles. The lowest BCUT2D eigenvalue weighted by Crippen LogP contribution is -2.30. The van der Waals surface area contributed by atoms with Gasteiger partial charge in [-0.2, -0.15) is 10.5 Å². The van der Waals surface area contributed by atoms with Crippen LogP contribution in [0, 0.1) is 51.0 Å². The van der Waals surface area contributed by atoms with E-state index in [1.165, 1.54) is 152 Å². The number of primary amides is 1. The quantitative estimate of drug-likeness (QED) is 0.0740. The van der Waals surface area contributed by atoms with E-state index in [-0.39, 0.29) is 4.99 Å². The van der Waals surface area contributed by atoms with Gasteiger partial charge in [-0.05, 0) is 146 Å². The number of nitriles is 2. The fraction of sp³-hybridized carbons (Fsp3) is 0.446. The Labute approximate surface area is 443 Å². The first-order valence-corrected chi connectivity index (χ1v) is 29.6. The number of hydrogen-bond acceptors (Lipinski definition) is 12. The SMILES string of the molecule is N#C/C(=C\c1cccs1)C(N)=S.N#Cc1c(-c2cccs2)c2c([nH]c1=S)[C@H]1CCCC[C@@H]1CC2.NC(=O)c1sc2nc3c(c(-c4cccs4)c2c1N)CC[C@H]1CCCC[C@H]31.O=C1CCC[C@H]2CCCC[C@H]12. The number of nitrogens with zero attached hydrogens (tertiary/aromatic N) is 3. The summed E-state index contributed by atoms with van der Waals surface area (Å²) in [6, 6.07) is 16.5. The van der Waals surface area contributed by atoms with Crippen LogP contribution in [-0.2, 0) is 17.6 Å². The van der Waals surface area contributed by atoms with Crippen LogP contribution in [0.5, 0.6) is 0 Å². The molecule has 0 bridgehead atoms. The van der Waals surface area contributed by atoms with E-state index in [1.54, 1.807) is 40.1 Å². The zero-order valence-electron chi connectivity index (χ0n) is 40.0. The molecule has 71 heavy (non-hydrogen) atoms. The Morgan fingerprint density at radius 3 is 1.90 bits per heavy atom. The van der Waals surface area contributed by atoms with Gasteiger partial charge in [0.15, 0.2) is 0 Å². The highest BCUT2D eigenvalue weighted by Gasteiger charge is 2.38. The van der Waals surface area contributed by atoms with Gasteiger partial charge in [-0.1, -0.05) is 81.2 Å². The van der Waals surface area contributed by atoms with Crippen LogP contribution >= 0.6 is 69.8 Å². The summed E-state index contributed by atoms with van der Waals surface area (Å²) in [6.45, 7) is 0. The Hall–Kier alpha value is -4.87. The average Bonchev–Trinajstić information content (AvgIpc) is 4.26. The number of nitrogen functional groups attached to an aromatic ring is 1. The molecule has 0 saturated heterocycles. The van der Waals surface area contributed by atoms with Crippen LogP contribution in [0.25, 0.3) is 37.2 Å². The predicted octanol–water partition coefficient (Wildman–Crippen LogP) is 15.0. The maximum Gasteiger partial charge on any atom is 0.260 e. The fourth-order valence-corrected chi connectivity index (χ4v) is 16.2. The number of carbonyl (C=O) groups is 2. The first-order valence-electron chi connectivity index (χ1n) is 25.3. The first-order chi connectivity index (χ1) is 34.6. The zero-order valence-corrected chi connectivity index (χ0v) is 44.9. The molecule has 12 rings (SSSR count). The van der Waals surface area contributed by atoms with E-state index in [0.29, 0.717) is 49.9 Å². The molecule has 6 aromatic heterocycles. The largest absolute Gasteiger partial charge is 0.397 e. The number of aromatic amines is 1. The molecule has 7 N–H and O–H groups in total.